The van der Waals surface area contributed by atoms with Crippen LogP contribution in [0.3, 0.4) is 0 Å². The minimum atomic E-state index is -0.966. The molecular weight excluding hydrogens is 494 g/mol. The quantitative estimate of drug-likeness (QED) is 0.618. The maximum absolute atomic E-state index is 14.0. The van der Waals surface area contributed by atoms with Crippen molar-refractivity contribution in [3.05, 3.63) is 63.1 Å². The van der Waals surface area contributed by atoms with Crippen LogP contribution in [0, 0.1) is 23.5 Å². The van der Waals surface area contributed by atoms with Gasteiger partial charge < -0.3 is 24.8 Å². The van der Waals surface area contributed by atoms with E-state index in [1.165, 1.54) is 16.8 Å². The van der Waals surface area contributed by atoms with Crippen LogP contribution >= 0.6 is 0 Å². The molecule has 0 unspecified atom stereocenters. The summed E-state index contributed by atoms with van der Waals surface area (Å²) in [5, 5.41) is 13.4. The molecule has 2 heterocycles. The smallest absolute Gasteiger partial charge is 0.274 e. The van der Waals surface area contributed by atoms with Crippen molar-refractivity contribution in [1.82, 2.24) is 19.7 Å². The van der Waals surface area contributed by atoms with Crippen molar-refractivity contribution < 1.29 is 23.5 Å². The molecule has 1 aliphatic heterocycles. The van der Waals surface area contributed by atoms with Crippen molar-refractivity contribution in [2.45, 2.75) is 58.7 Å². The summed E-state index contributed by atoms with van der Waals surface area (Å²) in [6.45, 7) is 6.60. The summed E-state index contributed by atoms with van der Waals surface area (Å²) >= 11 is 0. The zero-order chi connectivity index (χ0) is 27.6. The van der Waals surface area contributed by atoms with E-state index in [1.807, 2.05) is 0 Å². The molecule has 10 heteroatoms. The number of aromatic nitrogens is 1. The molecule has 0 saturated heterocycles. The Bertz CT molecular complexity index is 1260. The molecule has 38 heavy (non-hydrogen) atoms. The average Bonchev–Trinajstić information content (AvgIpc) is 2.87. The Morgan fingerprint density at radius 2 is 1.89 bits per heavy atom. The van der Waals surface area contributed by atoms with Gasteiger partial charge in [-0.05, 0) is 30.7 Å². The van der Waals surface area contributed by atoms with Gasteiger partial charge >= 0.3 is 0 Å². The van der Waals surface area contributed by atoms with E-state index in [1.54, 1.807) is 11.9 Å². The van der Waals surface area contributed by atoms with Gasteiger partial charge in [-0.15, -0.1) is 0 Å². The maximum Gasteiger partial charge on any atom is 0.274 e. The van der Waals surface area contributed by atoms with E-state index in [4.69, 9.17) is 0 Å². The lowest BCUT2D eigenvalue weighted by Gasteiger charge is -2.42. The van der Waals surface area contributed by atoms with Crippen LogP contribution in [0.25, 0.3) is 0 Å². The Hall–Kier alpha value is -3.27. The number of hydrogen-bond donors (Lipinski definition) is 2. The fourth-order valence-electron chi connectivity index (χ4n) is 5.73. The molecule has 2 aromatic rings. The first kappa shape index (κ1) is 27.8. The number of hydrogen-bond acceptors (Lipinski definition) is 5. The van der Waals surface area contributed by atoms with E-state index in [-0.39, 0.29) is 29.4 Å². The monoisotopic (exact) mass is 530 g/mol. The van der Waals surface area contributed by atoms with E-state index < -0.39 is 34.6 Å². The summed E-state index contributed by atoms with van der Waals surface area (Å²) in [5.41, 5.74) is -1.40. The van der Waals surface area contributed by atoms with Gasteiger partial charge in [-0.2, -0.15) is 0 Å². The predicted molar refractivity (Wildman–Crippen MR) is 139 cm³/mol. The molecule has 1 aromatic heterocycles. The van der Waals surface area contributed by atoms with Crippen LogP contribution in [0.15, 0.2) is 29.2 Å². The Morgan fingerprint density at radius 1 is 1.16 bits per heavy atom. The number of rotatable bonds is 5. The molecule has 1 aromatic carbocycles. The summed E-state index contributed by atoms with van der Waals surface area (Å²) in [4.78, 5) is 43.6. The van der Waals surface area contributed by atoms with Gasteiger partial charge in [0.1, 0.15) is 17.2 Å². The number of carbonyl (C=O) groups is 2. The highest BCUT2D eigenvalue weighted by molar-refractivity contribution is 5.98. The van der Waals surface area contributed by atoms with Crippen molar-refractivity contribution in [2.75, 3.05) is 26.7 Å². The molecule has 4 rings (SSSR count). The van der Waals surface area contributed by atoms with Crippen LogP contribution in [-0.4, -0.2) is 64.0 Å². The molecule has 1 fully saturated rings. The molecule has 2 aliphatic rings. The molecule has 8 nitrogen and oxygen atoms in total. The average molecular weight is 531 g/mol. The topological polar surface area (TPSA) is 94.9 Å². The van der Waals surface area contributed by atoms with Crippen LogP contribution in [0.4, 0.5) is 8.78 Å². The maximum atomic E-state index is 14.0. The lowest BCUT2D eigenvalue weighted by atomic mass is 9.83. The summed E-state index contributed by atoms with van der Waals surface area (Å²) in [6.07, 6.45) is 5.29. The molecule has 2 atom stereocenters. The largest absolute Gasteiger partial charge is 0.503 e. The SMILES string of the molecule is CC(C)CN1CCn2cc(C(=O)NCc3ccc(F)cc3F)c(=O)c(O)c2C(=O)N(C)[C@H]2CCCC[C@H]2C1. The Labute approximate surface area is 221 Å². The predicted octanol–water partition coefficient (Wildman–Crippen LogP) is 3.36. The molecule has 0 bridgehead atoms. The van der Waals surface area contributed by atoms with Crippen LogP contribution < -0.4 is 10.7 Å². The fraction of sp³-hybridized carbons (Fsp3) is 0.536. The molecule has 0 radical (unpaired) electrons. The van der Waals surface area contributed by atoms with Gasteiger partial charge in [0.05, 0.1) is 0 Å². The first-order valence-electron chi connectivity index (χ1n) is 13.2. The normalized spacial score (nSPS) is 20.7. The standard InChI is InChI=1S/C28H36F2N4O4/c1-17(2)14-33-10-11-34-16-21(27(37)31-13-18-8-9-20(29)12-22(18)30)25(35)26(36)24(34)28(38)32(3)23-7-5-4-6-19(23)15-33/h8-9,12,16-17,19,23,36H,4-7,10-11,13-15H2,1-3H3,(H,31,37)/t19-,23-/m0/s1. The highest BCUT2D eigenvalue weighted by Gasteiger charge is 2.36. The van der Waals surface area contributed by atoms with E-state index in [0.29, 0.717) is 31.0 Å². The number of nitrogens with zero attached hydrogens (tertiary/aromatic N) is 3. The van der Waals surface area contributed by atoms with Gasteiger partial charge in [-0.1, -0.05) is 32.8 Å². The van der Waals surface area contributed by atoms with Crippen LogP contribution in [0.1, 0.15) is 65.9 Å². The summed E-state index contributed by atoms with van der Waals surface area (Å²) in [6, 6.07) is 2.98. The van der Waals surface area contributed by atoms with E-state index >= 15 is 0 Å². The highest BCUT2D eigenvalue weighted by atomic mass is 19.1. The second-order valence-corrected chi connectivity index (χ2v) is 10.9. The number of benzene rings is 1. The number of aromatic hydroxyl groups is 1. The Morgan fingerprint density at radius 3 is 2.61 bits per heavy atom. The van der Waals surface area contributed by atoms with Crippen LogP contribution in [0.5, 0.6) is 5.75 Å². The van der Waals surface area contributed by atoms with Gasteiger partial charge in [0.25, 0.3) is 11.8 Å². The lowest BCUT2D eigenvalue weighted by molar-refractivity contribution is 0.0502. The second-order valence-electron chi connectivity index (χ2n) is 10.9. The highest BCUT2D eigenvalue weighted by Crippen LogP contribution is 2.31. The molecule has 206 valence electrons. The zero-order valence-electron chi connectivity index (χ0n) is 22.2. The first-order chi connectivity index (χ1) is 18.1. The van der Waals surface area contributed by atoms with Crippen molar-refractivity contribution in [2.24, 2.45) is 11.8 Å². The molecular formula is C28H36F2N4O4. The third-order valence-electron chi connectivity index (χ3n) is 7.62. The van der Waals surface area contributed by atoms with Gasteiger partial charge in [0.2, 0.25) is 5.43 Å². The van der Waals surface area contributed by atoms with Crippen molar-refractivity contribution in [3.63, 3.8) is 0 Å². The molecule has 1 saturated carbocycles. The zero-order valence-corrected chi connectivity index (χ0v) is 22.2. The number of nitrogens with one attached hydrogen (secondary N) is 1. The number of carbonyl (C=O) groups excluding carboxylic acids is 2. The third kappa shape index (κ3) is 5.90. The van der Waals surface area contributed by atoms with Crippen LogP contribution in [0.2, 0.25) is 0 Å². The minimum absolute atomic E-state index is 0.0134. The third-order valence-corrected chi connectivity index (χ3v) is 7.62. The molecule has 2 amide bonds. The van der Waals surface area contributed by atoms with Crippen molar-refractivity contribution in [1.29, 1.82) is 0 Å². The van der Waals surface area contributed by atoms with Gasteiger partial charge in [0.15, 0.2) is 11.4 Å². The number of fused-ring (bicyclic) bond motifs is 2. The van der Waals surface area contributed by atoms with Gasteiger partial charge in [-0.25, -0.2) is 8.78 Å². The second kappa shape index (κ2) is 11.6. The summed E-state index contributed by atoms with van der Waals surface area (Å²) in [5.74, 6) is -2.89. The fourth-order valence-corrected chi connectivity index (χ4v) is 5.73. The van der Waals surface area contributed by atoms with E-state index in [2.05, 4.69) is 24.1 Å². The Balaban J connectivity index is 1.68. The van der Waals surface area contributed by atoms with Crippen LogP contribution in [-0.2, 0) is 13.1 Å². The van der Waals surface area contributed by atoms with Crippen molar-refractivity contribution >= 4 is 11.8 Å². The van der Waals surface area contributed by atoms with Gasteiger partial charge in [-0.3, -0.25) is 14.4 Å². The van der Waals surface area contributed by atoms with Crippen molar-refractivity contribution in [3.8, 4) is 5.75 Å². The molecule has 2 N–H and O–H groups in total. The minimum Gasteiger partial charge on any atom is -0.503 e. The summed E-state index contributed by atoms with van der Waals surface area (Å²) in [7, 11) is 1.71. The molecule has 0 spiro atoms. The molecule has 1 aliphatic carbocycles. The van der Waals surface area contributed by atoms with E-state index in [0.717, 1.165) is 44.8 Å². The van der Waals surface area contributed by atoms with Gasteiger partial charge in [0, 0.05) is 63.6 Å². The number of amides is 2. The number of pyridine rings is 1. The first-order valence-corrected chi connectivity index (χ1v) is 13.2. The lowest BCUT2D eigenvalue weighted by Crippen LogP contribution is -2.50. The summed E-state index contributed by atoms with van der Waals surface area (Å²) < 4.78 is 28.7. The number of halogens is 2. The Kier molecular flexibility index (Phi) is 8.50. The van der Waals surface area contributed by atoms with E-state index in [9.17, 15) is 28.3 Å².